The lowest BCUT2D eigenvalue weighted by Gasteiger charge is -2.16. The highest BCUT2D eigenvalue weighted by Crippen LogP contribution is 1.88. The third kappa shape index (κ3) is 5.23. The zero-order chi connectivity index (χ0) is 11.1. The van der Waals surface area contributed by atoms with Crippen LogP contribution in [0.5, 0.6) is 0 Å². The lowest BCUT2D eigenvalue weighted by Crippen LogP contribution is -2.42. The first-order chi connectivity index (χ1) is 6.47. The highest BCUT2D eigenvalue weighted by molar-refractivity contribution is 5.85. The molecule has 0 unspecified atom stereocenters. The van der Waals surface area contributed by atoms with Crippen molar-refractivity contribution in [1.29, 1.82) is 0 Å². The van der Waals surface area contributed by atoms with Crippen LogP contribution < -0.4 is 11.1 Å². The average Bonchev–Trinajstić information content (AvgIpc) is 2.13. The van der Waals surface area contributed by atoms with E-state index in [-0.39, 0.29) is 18.4 Å². The van der Waals surface area contributed by atoms with Gasteiger partial charge in [-0.15, -0.1) is 0 Å². The second-order valence-corrected chi connectivity index (χ2v) is 3.51. The number of nitrogens with one attached hydrogen (secondary N) is 1. The Bertz CT molecular complexity index is 215. The number of carbonyl (C=O) groups is 1. The van der Waals surface area contributed by atoms with E-state index in [9.17, 15) is 4.79 Å². The van der Waals surface area contributed by atoms with E-state index in [0.29, 0.717) is 12.5 Å². The summed E-state index contributed by atoms with van der Waals surface area (Å²) < 4.78 is 0. The number of guanidine groups is 1. The Hall–Kier alpha value is -1.46. The van der Waals surface area contributed by atoms with Gasteiger partial charge >= 0.3 is 0 Å². The van der Waals surface area contributed by atoms with Gasteiger partial charge < -0.3 is 21.2 Å². The van der Waals surface area contributed by atoms with E-state index in [1.165, 1.54) is 4.90 Å². The normalized spacial score (nSPS) is 11.6. The molecule has 0 radical (unpaired) electrons. The molecule has 4 N–H and O–H groups in total. The van der Waals surface area contributed by atoms with E-state index in [2.05, 4.69) is 10.5 Å². The summed E-state index contributed by atoms with van der Waals surface area (Å²) in [5.74, 6) is 0.186. The summed E-state index contributed by atoms with van der Waals surface area (Å²) in [4.78, 5) is 12.6. The molecular formula is C8H18N4O2. The predicted molar refractivity (Wildman–Crippen MR) is 53.9 cm³/mol. The van der Waals surface area contributed by atoms with Crippen molar-refractivity contribution in [2.75, 3.05) is 20.1 Å². The van der Waals surface area contributed by atoms with Gasteiger partial charge in [0.2, 0.25) is 11.9 Å². The Morgan fingerprint density at radius 1 is 1.64 bits per heavy atom. The molecule has 6 heteroatoms. The number of nitrogens with two attached hydrogens (primary N) is 1. The van der Waals surface area contributed by atoms with Gasteiger partial charge in [0.1, 0.15) is 0 Å². The summed E-state index contributed by atoms with van der Waals surface area (Å²) in [5.41, 5.74) is 5.27. The molecule has 0 heterocycles. The number of nitrogens with zero attached hydrogens (tertiary/aromatic N) is 2. The summed E-state index contributed by atoms with van der Waals surface area (Å²) >= 11 is 0. The van der Waals surface area contributed by atoms with E-state index < -0.39 is 0 Å². The second-order valence-electron chi connectivity index (χ2n) is 3.51. The molecule has 0 aromatic heterocycles. The maximum atomic E-state index is 11.2. The van der Waals surface area contributed by atoms with Crippen LogP contribution in [0.25, 0.3) is 0 Å². The highest BCUT2D eigenvalue weighted by Gasteiger charge is 2.08. The summed E-state index contributed by atoms with van der Waals surface area (Å²) in [5, 5.41) is 13.8. The van der Waals surface area contributed by atoms with Crippen LogP contribution >= 0.6 is 0 Å². The first kappa shape index (κ1) is 12.5. The summed E-state index contributed by atoms with van der Waals surface area (Å²) in [6, 6.07) is 0. The molecule has 14 heavy (non-hydrogen) atoms. The van der Waals surface area contributed by atoms with Crippen molar-refractivity contribution >= 4 is 11.9 Å². The van der Waals surface area contributed by atoms with Gasteiger partial charge in [-0.05, 0) is 5.92 Å². The molecule has 0 fully saturated rings. The molecular weight excluding hydrogens is 184 g/mol. The van der Waals surface area contributed by atoms with Crippen LogP contribution in [0.1, 0.15) is 13.8 Å². The van der Waals surface area contributed by atoms with Crippen LogP contribution in [0, 0.1) is 5.92 Å². The van der Waals surface area contributed by atoms with Gasteiger partial charge in [-0.3, -0.25) is 4.79 Å². The molecule has 0 aliphatic carbocycles. The Morgan fingerprint density at radius 3 is 2.64 bits per heavy atom. The van der Waals surface area contributed by atoms with E-state index in [4.69, 9.17) is 10.9 Å². The van der Waals surface area contributed by atoms with Gasteiger partial charge in [0.05, 0.1) is 6.54 Å². The van der Waals surface area contributed by atoms with Gasteiger partial charge in [-0.25, -0.2) is 0 Å². The minimum Gasteiger partial charge on any atom is -0.408 e. The van der Waals surface area contributed by atoms with Crippen molar-refractivity contribution in [3.8, 4) is 0 Å². The molecule has 0 aromatic carbocycles. The molecule has 0 aliphatic heterocycles. The maximum Gasteiger partial charge on any atom is 0.239 e. The fourth-order valence-electron chi connectivity index (χ4n) is 0.747. The maximum absolute atomic E-state index is 11.2. The number of hydrogen-bond donors (Lipinski definition) is 3. The topological polar surface area (TPSA) is 91.0 Å². The van der Waals surface area contributed by atoms with Crippen molar-refractivity contribution in [3.63, 3.8) is 0 Å². The minimum atomic E-state index is -0.146. The lowest BCUT2D eigenvalue weighted by atomic mass is 10.2. The van der Waals surface area contributed by atoms with Crippen LogP contribution in [-0.4, -0.2) is 42.1 Å². The number of carbonyl (C=O) groups excluding carboxylic acids is 1. The number of hydrogen-bond acceptors (Lipinski definition) is 3. The zero-order valence-electron chi connectivity index (χ0n) is 8.82. The summed E-state index contributed by atoms with van der Waals surface area (Å²) in [6.45, 7) is 4.73. The Labute approximate surface area is 83.7 Å². The molecule has 0 saturated heterocycles. The molecule has 1 amide bonds. The zero-order valence-corrected chi connectivity index (χ0v) is 8.82. The summed E-state index contributed by atoms with van der Waals surface area (Å²) in [6.07, 6.45) is 0. The van der Waals surface area contributed by atoms with Crippen molar-refractivity contribution in [2.24, 2.45) is 16.8 Å². The number of likely N-dealkylation sites (N-methyl/N-ethyl adjacent to an activating group) is 1. The SMILES string of the molecule is CC(C)CNC(=O)CN(C)C(N)=NO. The van der Waals surface area contributed by atoms with Crippen molar-refractivity contribution in [2.45, 2.75) is 13.8 Å². The quantitative estimate of drug-likeness (QED) is 0.245. The van der Waals surface area contributed by atoms with Crippen LogP contribution in [0.3, 0.4) is 0 Å². The third-order valence-corrected chi connectivity index (χ3v) is 1.58. The Morgan fingerprint density at radius 2 is 2.21 bits per heavy atom. The van der Waals surface area contributed by atoms with E-state index in [1.54, 1.807) is 7.05 Å². The highest BCUT2D eigenvalue weighted by atomic mass is 16.4. The first-order valence-electron chi connectivity index (χ1n) is 4.42. The van der Waals surface area contributed by atoms with Gasteiger partial charge in [0.25, 0.3) is 0 Å². The largest absolute Gasteiger partial charge is 0.408 e. The van der Waals surface area contributed by atoms with Gasteiger partial charge in [-0.2, -0.15) is 0 Å². The van der Waals surface area contributed by atoms with Gasteiger partial charge in [0, 0.05) is 13.6 Å². The fraction of sp³-hybridized carbons (Fsp3) is 0.750. The molecule has 82 valence electrons. The molecule has 0 spiro atoms. The molecule has 6 nitrogen and oxygen atoms in total. The van der Waals surface area contributed by atoms with E-state index in [1.807, 2.05) is 13.8 Å². The minimum absolute atomic E-state index is 0.0790. The monoisotopic (exact) mass is 202 g/mol. The molecule has 0 atom stereocenters. The van der Waals surface area contributed by atoms with Crippen molar-refractivity contribution < 1.29 is 10.0 Å². The number of amides is 1. The molecule has 0 aromatic rings. The Kier molecular flexibility index (Phi) is 5.43. The van der Waals surface area contributed by atoms with Crippen molar-refractivity contribution in [1.82, 2.24) is 10.2 Å². The fourth-order valence-corrected chi connectivity index (χ4v) is 0.747. The van der Waals surface area contributed by atoms with Crippen LogP contribution in [0.15, 0.2) is 5.16 Å². The molecule has 0 bridgehead atoms. The van der Waals surface area contributed by atoms with Gasteiger partial charge in [-0.1, -0.05) is 19.0 Å². The standard InChI is InChI=1S/C8H18N4O2/c1-6(2)4-10-7(13)5-12(3)8(9)11-14/h6,14H,4-5H2,1-3H3,(H2,9,11)(H,10,13). The van der Waals surface area contributed by atoms with E-state index in [0.717, 1.165) is 0 Å². The molecule has 0 rings (SSSR count). The van der Waals surface area contributed by atoms with Crippen molar-refractivity contribution in [3.05, 3.63) is 0 Å². The smallest absolute Gasteiger partial charge is 0.239 e. The number of oxime groups is 1. The van der Waals surface area contributed by atoms with E-state index >= 15 is 0 Å². The van der Waals surface area contributed by atoms with Crippen LogP contribution in [-0.2, 0) is 4.79 Å². The first-order valence-corrected chi connectivity index (χ1v) is 4.42. The van der Waals surface area contributed by atoms with Crippen LogP contribution in [0.2, 0.25) is 0 Å². The lowest BCUT2D eigenvalue weighted by molar-refractivity contribution is -0.121. The van der Waals surface area contributed by atoms with Gasteiger partial charge in [0.15, 0.2) is 0 Å². The second kappa shape index (κ2) is 6.06. The summed E-state index contributed by atoms with van der Waals surface area (Å²) in [7, 11) is 1.57. The number of rotatable bonds is 4. The average molecular weight is 202 g/mol. The molecule has 0 aliphatic rings. The predicted octanol–water partition coefficient (Wildman–Crippen LogP) is -0.606. The third-order valence-electron chi connectivity index (χ3n) is 1.58. The molecule has 0 saturated carbocycles. The van der Waals surface area contributed by atoms with Crippen LogP contribution in [0.4, 0.5) is 0 Å². The Balaban J connectivity index is 3.83.